The van der Waals surface area contributed by atoms with E-state index >= 15 is 0 Å². The Morgan fingerprint density at radius 1 is 0.982 bits per heavy atom. The number of allylic oxidation sites excluding steroid dienone is 2. The summed E-state index contributed by atoms with van der Waals surface area (Å²) < 4.78 is 40.0. The van der Waals surface area contributed by atoms with Crippen molar-refractivity contribution in [1.29, 1.82) is 0 Å². The second kappa shape index (κ2) is 17.9. The number of halogens is 1. The van der Waals surface area contributed by atoms with Crippen LogP contribution in [0.2, 0.25) is 5.02 Å². The number of aromatic nitrogens is 1. The zero-order valence-electron chi connectivity index (χ0n) is 33.4. The van der Waals surface area contributed by atoms with E-state index < -0.39 is 35.7 Å². The molecule has 1 amide bonds. The summed E-state index contributed by atoms with van der Waals surface area (Å²) in [6.45, 7) is 2.36. The molecule has 3 heterocycles. The second-order valence-electron chi connectivity index (χ2n) is 16.3. The third-order valence-corrected chi connectivity index (χ3v) is 12.9. The molecule has 1 unspecified atom stereocenters. The maximum atomic E-state index is 14.7. The monoisotopic (exact) mass is 810 g/mol. The topological polar surface area (TPSA) is 149 Å². The largest absolute Gasteiger partial charge is 0.488 e. The molecule has 3 saturated carbocycles. The lowest BCUT2D eigenvalue weighted by atomic mass is 9.91. The van der Waals surface area contributed by atoms with Gasteiger partial charge in [-0.05, 0) is 81.8 Å². The van der Waals surface area contributed by atoms with Crippen LogP contribution < -0.4 is 14.2 Å². The lowest BCUT2D eigenvalue weighted by Crippen LogP contribution is -2.45. The molecule has 14 heteroatoms. The van der Waals surface area contributed by atoms with E-state index in [1.807, 2.05) is 13.0 Å². The molecule has 5 aliphatic rings. The number of ether oxygens (including phenoxy) is 7. The molecule has 0 spiro atoms. The molecule has 1 saturated heterocycles. The van der Waals surface area contributed by atoms with Crippen molar-refractivity contribution in [3.05, 3.63) is 35.4 Å². The van der Waals surface area contributed by atoms with E-state index in [0.29, 0.717) is 53.7 Å². The fourth-order valence-electron chi connectivity index (χ4n) is 9.17. The summed E-state index contributed by atoms with van der Waals surface area (Å²) in [5.74, 6) is 0.278. The highest BCUT2D eigenvalue weighted by molar-refractivity contribution is 6.36. The summed E-state index contributed by atoms with van der Waals surface area (Å²) in [5, 5.41) is 0.815. The number of carbonyl (C=O) groups is 4. The third kappa shape index (κ3) is 9.20. The SMILES string of the molecule is CCOc1cc(O[C@@H]2C[C@H]3C(=O)C[C@]4(C(=O)OC)C[C@H]4/C=C\CCCCC[C@H](CC(=O)OC4C[C@@H]5C[C@@H]5C4)C(=O)N3C2)c2ccc(OCC(OC)OC)c(Cl)c2n1. The van der Waals surface area contributed by atoms with Gasteiger partial charge >= 0.3 is 11.9 Å². The number of hydrogen-bond donors (Lipinski definition) is 0. The number of pyridine rings is 1. The zero-order valence-corrected chi connectivity index (χ0v) is 34.1. The fraction of sp³-hybridized carbons (Fsp3) is 0.651. The van der Waals surface area contributed by atoms with Crippen molar-refractivity contribution >= 4 is 46.1 Å². The number of ketones is 1. The first-order chi connectivity index (χ1) is 27.6. The number of amides is 1. The molecule has 8 atom stereocenters. The smallest absolute Gasteiger partial charge is 0.312 e. The van der Waals surface area contributed by atoms with E-state index in [1.54, 1.807) is 23.1 Å². The number of benzene rings is 1. The molecule has 7 rings (SSSR count). The van der Waals surface area contributed by atoms with Crippen molar-refractivity contribution in [2.24, 2.45) is 29.1 Å². The Kier molecular flexibility index (Phi) is 13.0. The molecule has 3 aliphatic carbocycles. The van der Waals surface area contributed by atoms with Crippen molar-refractivity contribution in [2.75, 3.05) is 41.1 Å². The molecule has 57 heavy (non-hydrogen) atoms. The van der Waals surface area contributed by atoms with Crippen molar-refractivity contribution in [3.8, 4) is 17.4 Å². The van der Waals surface area contributed by atoms with Crippen molar-refractivity contribution in [2.45, 2.75) is 109 Å². The van der Waals surface area contributed by atoms with Gasteiger partial charge in [0, 0.05) is 44.4 Å². The van der Waals surface area contributed by atoms with Crippen LogP contribution >= 0.6 is 11.6 Å². The number of carbonyl (C=O) groups excluding carboxylic acids is 4. The molecule has 13 nitrogen and oxygen atoms in total. The Morgan fingerprint density at radius 2 is 1.77 bits per heavy atom. The number of Topliss-reactive ketones (excluding diaryl/α,β-unsaturated/α-hetero) is 1. The van der Waals surface area contributed by atoms with Gasteiger partial charge in [0.05, 0.1) is 38.1 Å². The number of methoxy groups -OCH3 is 3. The highest BCUT2D eigenvalue weighted by atomic mass is 35.5. The van der Waals surface area contributed by atoms with Gasteiger partial charge < -0.3 is 38.1 Å². The van der Waals surface area contributed by atoms with Crippen LogP contribution in [0, 0.1) is 29.1 Å². The van der Waals surface area contributed by atoms with Gasteiger partial charge in [-0.1, -0.05) is 36.6 Å². The highest BCUT2D eigenvalue weighted by Gasteiger charge is 2.61. The van der Waals surface area contributed by atoms with Gasteiger partial charge in [0.1, 0.15) is 40.9 Å². The Morgan fingerprint density at radius 3 is 2.51 bits per heavy atom. The van der Waals surface area contributed by atoms with Gasteiger partial charge in [-0.2, -0.15) is 0 Å². The van der Waals surface area contributed by atoms with Crippen LogP contribution in [0.5, 0.6) is 17.4 Å². The fourth-order valence-corrected chi connectivity index (χ4v) is 9.44. The number of nitrogens with zero attached hydrogens (tertiary/aromatic N) is 2. The Balaban J connectivity index is 1.17. The van der Waals surface area contributed by atoms with Crippen LogP contribution in [0.15, 0.2) is 30.4 Å². The average molecular weight is 811 g/mol. The van der Waals surface area contributed by atoms with Crippen molar-refractivity contribution in [1.82, 2.24) is 9.88 Å². The van der Waals surface area contributed by atoms with Gasteiger partial charge in [0.15, 0.2) is 12.1 Å². The predicted octanol–water partition coefficient (Wildman–Crippen LogP) is 6.64. The summed E-state index contributed by atoms with van der Waals surface area (Å²) >= 11 is 6.87. The van der Waals surface area contributed by atoms with E-state index in [9.17, 15) is 19.2 Å². The number of fused-ring (bicyclic) bond motifs is 4. The second-order valence-corrected chi connectivity index (χ2v) is 16.6. The molecule has 1 aromatic heterocycles. The van der Waals surface area contributed by atoms with Gasteiger partial charge in [-0.15, -0.1) is 0 Å². The van der Waals surface area contributed by atoms with Crippen LogP contribution in [-0.4, -0.2) is 99.1 Å². The van der Waals surface area contributed by atoms with Gasteiger partial charge in [0.2, 0.25) is 11.8 Å². The lowest BCUT2D eigenvalue weighted by molar-refractivity contribution is -0.155. The first-order valence-electron chi connectivity index (χ1n) is 20.5. The quantitative estimate of drug-likeness (QED) is 0.121. The summed E-state index contributed by atoms with van der Waals surface area (Å²) in [4.78, 5) is 62.0. The van der Waals surface area contributed by atoms with Gasteiger partial charge in [0.25, 0.3) is 0 Å². The minimum atomic E-state index is -0.974. The Labute approximate surface area is 339 Å². The molecule has 0 N–H and O–H groups in total. The van der Waals surface area contributed by atoms with E-state index in [0.717, 1.165) is 38.5 Å². The Bertz CT molecular complexity index is 1840. The molecular weight excluding hydrogens is 756 g/mol. The molecule has 1 aromatic carbocycles. The third-order valence-electron chi connectivity index (χ3n) is 12.5. The van der Waals surface area contributed by atoms with E-state index in [1.165, 1.54) is 27.8 Å². The summed E-state index contributed by atoms with van der Waals surface area (Å²) in [6, 6.07) is 4.29. The minimum Gasteiger partial charge on any atom is -0.488 e. The maximum absolute atomic E-state index is 14.7. The van der Waals surface area contributed by atoms with Crippen LogP contribution in [-0.2, 0) is 38.1 Å². The summed E-state index contributed by atoms with van der Waals surface area (Å²) in [5.41, 5.74) is -0.592. The first kappa shape index (κ1) is 41.2. The zero-order chi connectivity index (χ0) is 40.3. The van der Waals surface area contributed by atoms with E-state index in [2.05, 4.69) is 11.1 Å². The number of esters is 2. The lowest BCUT2D eigenvalue weighted by Gasteiger charge is -2.29. The molecule has 310 valence electrons. The van der Waals surface area contributed by atoms with Gasteiger partial charge in [-0.25, -0.2) is 4.98 Å². The number of hydrogen-bond acceptors (Lipinski definition) is 12. The molecular formula is C43H55ClN2O11. The van der Waals surface area contributed by atoms with Crippen molar-refractivity contribution < 1.29 is 52.3 Å². The standard InChI is InChI=1S/C43H55ClN2O11/c1-5-54-36-20-35(31-13-14-34(39(44)40(31)45-36)55-24-38(51-2)52-3)56-30-19-32-33(47)22-43(42(50)53-4)21-28(43)12-10-8-6-7-9-11-25(41(49)46(32)23-30)18-37(48)57-29-16-26-15-27(26)17-29/h10,12-14,20,25-30,32,38H,5-9,11,15-19,21-24H2,1-4H3/b12-10-/t25-,26-,27+,28-,29?,30-,32+,43-/m1/s1. The molecule has 0 bridgehead atoms. The summed E-state index contributed by atoms with van der Waals surface area (Å²) in [7, 11) is 4.37. The molecule has 2 aromatic rings. The minimum absolute atomic E-state index is 0.0488. The molecule has 4 fully saturated rings. The Hall–Kier alpha value is -3.94. The normalized spacial score (nSPS) is 30.4. The van der Waals surface area contributed by atoms with Crippen LogP contribution in [0.1, 0.15) is 84.0 Å². The summed E-state index contributed by atoms with van der Waals surface area (Å²) in [6.07, 6.45) is 10.2. The first-order valence-corrected chi connectivity index (χ1v) is 20.8. The van der Waals surface area contributed by atoms with Crippen LogP contribution in [0.25, 0.3) is 10.9 Å². The van der Waals surface area contributed by atoms with E-state index in [4.69, 9.17) is 44.8 Å². The van der Waals surface area contributed by atoms with Crippen LogP contribution in [0.3, 0.4) is 0 Å². The predicted molar refractivity (Wildman–Crippen MR) is 209 cm³/mol. The van der Waals surface area contributed by atoms with Crippen LogP contribution in [0.4, 0.5) is 0 Å². The highest BCUT2D eigenvalue weighted by Crippen LogP contribution is 2.58. The number of rotatable bonds is 13. The van der Waals surface area contributed by atoms with E-state index in [-0.39, 0.29) is 73.0 Å². The van der Waals surface area contributed by atoms with Gasteiger partial charge in [-0.3, -0.25) is 19.2 Å². The van der Waals surface area contributed by atoms with Crippen molar-refractivity contribution in [3.63, 3.8) is 0 Å². The maximum Gasteiger partial charge on any atom is 0.312 e. The molecule has 0 radical (unpaired) electrons. The molecule has 2 aliphatic heterocycles. The average Bonchev–Trinajstić information content (AvgIpc) is 4.00.